The Bertz CT molecular complexity index is 144. The number of rotatable bonds is 7. The summed E-state index contributed by atoms with van der Waals surface area (Å²) >= 11 is 0. The third kappa shape index (κ3) is 14.1. The van der Waals surface area contributed by atoms with Crippen molar-refractivity contribution in [3.8, 4) is 0 Å². The summed E-state index contributed by atoms with van der Waals surface area (Å²) in [7, 11) is 0. The Labute approximate surface area is 84.4 Å². The van der Waals surface area contributed by atoms with Crippen molar-refractivity contribution in [2.75, 3.05) is 0 Å². The molecule has 0 radical (unpaired) electrons. The Morgan fingerprint density at radius 1 is 0.769 bits per heavy atom. The molecular weight excluding hydrogens is 192 g/mol. The van der Waals surface area contributed by atoms with Crippen LogP contribution in [0.5, 0.6) is 0 Å². The van der Waals surface area contributed by atoms with E-state index in [1.807, 2.05) is 0 Å². The van der Waals surface area contributed by atoms with Crippen LogP contribution in [0.2, 0.25) is 0 Å². The van der Waals surface area contributed by atoms with Gasteiger partial charge in [0, 0.05) is 12.8 Å². The topological polar surface area (TPSA) is 86.2 Å². The van der Waals surface area contributed by atoms with Crippen molar-refractivity contribution in [1.29, 1.82) is 0 Å². The fourth-order valence-electron chi connectivity index (χ4n) is 0.952. The summed E-state index contributed by atoms with van der Waals surface area (Å²) in [6.07, 6.45) is 4.39. The van der Waals surface area contributed by atoms with Crippen LogP contribution in [-0.2, 0) is 9.59 Å². The van der Waals surface area contributed by atoms with E-state index in [1.54, 1.807) is 0 Å². The van der Waals surface area contributed by atoms with Gasteiger partial charge in [-0.15, -0.1) is 12.4 Å². The zero-order chi connectivity index (χ0) is 9.40. The Morgan fingerprint density at radius 2 is 1.08 bits per heavy atom. The van der Waals surface area contributed by atoms with Crippen LogP contribution in [0.1, 0.15) is 38.5 Å². The van der Waals surface area contributed by atoms with E-state index in [0.29, 0.717) is 12.8 Å². The van der Waals surface area contributed by atoms with Crippen LogP contribution in [0, 0.1) is 0 Å². The van der Waals surface area contributed by atoms with E-state index in [9.17, 15) is 9.59 Å². The van der Waals surface area contributed by atoms with Crippen LogP contribution in [-0.4, -0.2) is 11.8 Å². The Balaban J connectivity index is 0. The third-order valence-corrected chi connectivity index (χ3v) is 1.60. The average molecular weight is 209 g/mol. The highest BCUT2D eigenvalue weighted by Gasteiger charge is 1.96. The molecule has 0 bridgehead atoms. The third-order valence-electron chi connectivity index (χ3n) is 1.60. The van der Waals surface area contributed by atoms with E-state index in [2.05, 4.69) is 0 Å². The molecule has 0 unspecified atom stereocenters. The lowest BCUT2D eigenvalue weighted by Gasteiger charge is -1.97. The van der Waals surface area contributed by atoms with E-state index >= 15 is 0 Å². The van der Waals surface area contributed by atoms with Crippen molar-refractivity contribution >= 4 is 24.2 Å². The van der Waals surface area contributed by atoms with Gasteiger partial charge in [-0.1, -0.05) is 12.8 Å². The predicted octanol–water partition coefficient (Wildman–Crippen LogP) is 0.719. The molecule has 0 spiro atoms. The minimum Gasteiger partial charge on any atom is -0.370 e. The fourth-order valence-corrected chi connectivity index (χ4v) is 0.952. The number of halogens is 1. The minimum atomic E-state index is -0.259. The van der Waals surface area contributed by atoms with Gasteiger partial charge in [-0.25, -0.2) is 0 Å². The molecule has 0 heterocycles. The van der Waals surface area contributed by atoms with Crippen molar-refractivity contribution in [2.45, 2.75) is 38.5 Å². The maximum atomic E-state index is 10.3. The van der Waals surface area contributed by atoms with E-state index in [-0.39, 0.29) is 24.2 Å². The maximum absolute atomic E-state index is 10.3. The van der Waals surface area contributed by atoms with Crippen LogP contribution >= 0.6 is 12.4 Å². The summed E-state index contributed by atoms with van der Waals surface area (Å²) in [5.41, 5.74) is 9.88. The number of carbonyl (C=O) groups is 2. The molecule has 0 aromatic rings. The molecule has 0 rings (SSSR count). The summed E-state index contributed by atoms with van der Waals surface area (Å²) in [4.78, 5) is 20.6. The molecular formula is C8H17ClN2O2. The molecule has 0 aromatic carbocycles. The van der Waals surface area contributed by atoms with Gasteiger partial charge in [-0.3, -0.25) is 9.59 Å². The number of amides is 2. The monoisotopic (exact) mass is 208 g/mol. The molecule has 4 nitrogen and oxygen atoms in total. The van der Waals surface area contributed by atoms with Gasteiger partial charge in [0.05, 0.1) is 0 Å². The highest BCUT2D eigenvalue weighted by atomic mass is 35.5. The molecule has 0 saturated carbocycles. The quantitative estimate of drug-likeness (QED) is 0.604. The Morgan fingerprint density at radius 3 is 1.31 bits per heavy atom. The Hall–Kier alpha value is -0.770. The second kappa shape index (κ2) is 9.32. The van der Waals surface area contributed by atoms with Gasteiger partial charge in [0.1, 0.15) is 0 Å². The minimum absolute atomic E-state index is 0. The zero-order valence-electron chi connectivity index (χ0n) is 7.62. The molecule has 0 aliphatic carbocycles. The fraction of sp³-hybridized carbons (Fsp3) is 0.750. The molecule has 2 amide bonds. The molecule has 0 saturated heterocycles. The normalized spacial score (nSPS) is 8.92. The number of unbranched alkanes of at least 4 members (excludes halogenated alkanes) is 3. The number of nitrogens with two attached hydrogens (primary N) is 2. The van der Waals surface area contributed by atoms with Crippen molar-refractivity contribution < 1.29 is 9.59 Å². The van der Waals surface area contributed by atoms with Gasteiger partial charge in [-0.2, -0.15) is 0 Å². The second-order valence-corrected chi connectivity index (χ2v) is 2.85. The standard InChI is InChI=1S/C8H16N2O2.ClH/c9-7(11)5-3-1-2-4-6-8(10)12;/h1-6H2,(H2,9,11)(H2,10,12);1H. The molecule has 0 aliphatic heterocycles. The summed E-state index contributed by atoms with van der Waals surface area (Å²) in [6.45, 7) is 0. The molecule has 13 heavy (non-hydrogen) atoms. The highest BCUT2D eigenvalue weighted by molar-refractivity contribution is 5.85. The van der Waals surface area contributed by atoms with Crippen LogP contribution in [0.3, 0.4) is 0 Å². The first-order valence-corrected chi connectivity index (χ1v) is 4.19. The smallest absolute Gasteiger partial charge is 0.217 e. The summed E-state index contributed by atoms with van der Waals surface area (Å²) < 4.78 is 0. The first-order valence-electron chi connectivity index (χ1n) is 4.19. The number of hydrogen-bond acceptors (Lipinski definition) is 2. The van der Waals surface area contributed by atoms with Crippen LogP contribution in [0.25, 0.3) is 0 Å². The first kappa shape index (κ1) is 14.7. The lowest BCUT2D eigenvalue weighted by atomic mass is 10.1. The van der Waals surface area contributed by atoms with Gasteiger partial charge in [0.25, 0.3) is 0 Å². The van der Waals surface area contributed by atoms with Gasteiger partial charge >= 0.3 is 0 Å². The van der Waals surface area contributed by atoms with E-state index in [0.717, 1.165) is 25.7 Å². The van der Waals surface area contributed by atoms with Crippen molar-refractivity contribution in [2.24, 2.45) is 11.5 Å². The largest absolute Gasteiger partial charge is 0.370 e. The van der Waals surface area contributed by atoms with E-state index in [4.69, 9.17) is 11.5 Å². The average Bonchev–Trinajstić information content (AvgIpc) is 1.95. The zero-order valence-corrected chi connectivity index (χ0v) is 8.44. The van der Waals surface area contributed by atoms with Gasteiger partial charge < -0.3 is 11.5 Å². The van der Waals surface area contributed by atoms with E-state index < -0.39 is 0 Å². The summed E-state index contributed by atoms with van der Waals surface area (Å²) in [5.74, 6) is -0.519. The van der Waals surface area contributed by atoms with Gasteiger partial charge in [0.2, 0.25) is 11.8 Å². The van der Waals surface area contributed by atoms with Crippen molar-refractivity contribution in [3.63, 3.8) is 0 Å². The van der Waals surface area contributed by atoms with Crippen LogP contribution in [0.4, 0.5) is 0 Å². The molecule has 5 heteroatoms. The molecule has 4 N–H and O–H groups in total. The van der Waals surface area contributed by atoms with Crippen molar-refractivity contribution in [1.82, 2.24) is 0 Å². The second-order valence-electron chi connectivity index (χ2n) is 2.85. The van der Waals surface area contributed by atoms with Crippen LogP contribution in [0.15, 0.2) is 0 Å². The number of primary amides is 2. The van der Waals surface area contributed by atoms with Crippen molar-refractivity contribution in [3.05, 3.63) is 0 Å². The molecule has 0 aliphatic rings. The van der Waals surface area contributed by atoms with Gasteiger partial charge in [-0.05, 0) is 12.8 Å². The van der Waals surface area contributed by atoms with Crippen LogP contribution < -0.4 is 11.5 Å². The predicted molar refractivity (Wildman–Crippen MR) is 53.3 cm³/mol. The van der Waals surface area contributed by atoms with Gasteiger partial charge in [0.15, 0.2) is 0 Å². The summed E-state index contributed by atoms with van der Waals surface area (Å²) in [6, 6.07) is 0. The first-order chi connectivity index (χ1) is 5.63. The number of carbonyl (C=O) groups excluding carboxylic acids is 2. The highest BCUT2D eigenvalue weighted by Crippen LogP contribution is 2.04. The molecule has 0 aromatic heterocycles. The molecule has 78 valence electrons. The lowest BCUT2D eigenvalue weighted by molar-refractivity contribution is -0.119. The molecule has 0 atom stereocenters. The lowest BCUT2D eigenvalue weighted by Crippen LogP contribution is -2.10. The maximum Gasteiger partial charge on any atom is 0.217 e. The van der Waals surface area contributed by atoms with E-state index in [1.165, 1.54) is 0 Å². The molecule has 0 fully saturated rings. The Kier molecular flexibility index (Phi) is 10.6. The SMILES string of the molecule is Cl.NC(=O)CCCCCCC(N)=O. The summed E-state index contributed by atoms with van der Waals surface area (Å²) in [5, 5.41) is 0. The number of hydrogen-bond donors (Lipinski definition) is 2.